The number of hydrogen-bond donors (Lipinski definition) is 1. The van der Waals surface area contributed by atoms with Crippen molar-refractivity contribution < 1.29 is 9.47 Å². The third kappa shape index (κ3) is 3.30. The van der Waals surface area contributed by atoms with Crippen molar-refractivity contribution in [1.29, 1.82) is 0 Å². The first-order chi connectivity index (χ1) is 9.57. The van der Waals surface area contributed by atoms with Crippen molar-refractivity contribution in [3.8, 4) is 5.75 Å². The van der Waals surface area contributed by atoms with E-state index in [1.54, 1.807) is 14.2 Å². The van der Waals surface area contributed by atoms with Crippen LogP contribution >= 0.6 is 0 Å². The lowest BCUT2D eigenvalue weighted by molar-refractivity contribution is 0.127. The standard InChI is InChI=1S/C17H23NO2/c1-17(2,12-19-3)18-11-15-14-8-6-5-7-13(14)9-10-16(15)20-4/h5-10,18H,11-12H2,1-4H3. The van der Waals surface area contributed by atoms with Gasteiger partial charge in [-0.25, -0.2) is 0 Å². The molecule has 2 aromatic rings. The zero-order valence-electron chi connectivity index (χ0n) is 12.7. The Balaban J connectivity index is 2.32. The minimum atomic E-state index is -0.0727. The van der Waals surface area contributed by atoms with E-state index in [1.165, 1.54) is 16.3 Å². The molecule has 2 aromatic carbocycles. The molecule has 0 unspecified atom stereocenters. The lowest BCUT2D eigenvalue weighted by Crippen LogP contribution is -2.42. The fourth-order valence-electron chi connectivity index (χ4n) is 2.43. The molecule has 0 fully saturated rings. The molecule has 0 atom stereocenters. The van der Waals surface area contributed by atoms with Crippen molar-refractivity contribution in [2.45, 2.75) is 25.9 Å². The number of fused-ring (bicyclic) bond motifs is 1. The van der Waals surface area contributed by atoms with E-state index in [9.17, 15) is 0 Å². The topological polar surface area (TPSA) is 30.5 Å². The highest BCUT2D eigenvalue weighted by Crippen LogP contribution is 2.28. The Morgan fingerprint density at radius 2 is 1.80 bits per heavy atom. The molecule has 0 amide bonds. The van der Waals surface area contributed by atoms with Crippen molar-refractivity contribution in [3.63, 3.8) is 0 Å². The van der Waals surface area contributed by atoms with Gasteiger partial charge in [0.15, 0.2) is 0 Å². The summed E-state index contributed by atoms with van der Waals surface area (Å²) in [5.41, 5.74) is 1.12. The van der Waals surface area contributed by atoms with Gasteiger partial charge in [-0.2, -0.15) is 0 Å². The van der Waals surface area contributed by atoms with E-state index in [1.807, 2.05) is 6.07 Å². The Morgan fingerprint density at radius 3 is 2.50 bits per heavy atom. The molecule has 3 nitrogen and oxygen atoms in total. The van der Waals surface area contributed by atoms with Gasteiger partial charge >= 0.3 is 0 Å². The number of ether oxygens (including phenoxy) is 2. The maximum atomic E-state index is 5.51. The number of nitrogens with one attached hydrogen (secondary N) is 1. The van der Waals surface area contributed by atoms with Crippen LogP contribution < -0.4 is 10.1 Å². The molecule has 0 radical (unpaired) electrons. The average molecular weight is 273 g/mol. The van der Waals surface area contributed by atoms with E-state index in [4.69, 9.17) is 9.47 Å². The number of benzene rings is 2. The molecule has 1 N–H and O–H groups in total. The molecule has 0 bridgehead atoms. The summed E-state index contributed by atoms with van der Waals surface area (Å²) < 4.78 is 10.8. The minimum Gasteiger partial charge on any atom is -0.496 e. The van der Waals surface area contributed by atoms with Crippen molar-refractivity contribution in [3.05, 3.63) is 42.0 Å². The second kappa shape index (κ2) is 6.25. The molecule has 0 aliphatic heterocycles. The molecule has 3 heteroatoms. The molecular formula is C17H23NO2. The molecule has 0 saturated carbocycles. The Morgan fingerprint density at radius 1 is 1.05 bits per heavy atom. The van der Waals surface area contributed by atoms with Gasteiger partial charge in [0.2, 0.25) is 0 Å². The first-order valence-electron chi connectivity index (χ1n) is 6.86. The van der Waals surface area contributed by atoms with E-state index < -0.39 is 0 Å². The summed E-state index contributed by atoms with van der Waals surface area (Å²) in [5.74, 6) is 0.921. The molecule has 108 valence electrons. The van der Waals surface area contributed by atoms with Crippen molar-refractivity contribution in [2.24, 2.45) is 0 Å². The van der Waals surface area contributed by atoms with Gasteiger partial charge in [-0.05, 0) is 30.7 Å². The quantitative estimate of drug-likeness (QED) is 0.875. The Labute approximate surface area is 120 Å². The maximum Gasteiger partial charge on any atom is 0.123 e. The van der Waals surface area contributed by atoms with Crippen LogP contribution in [-0.2, 0) is 11.3 Å². The van der Waals surface area contributed by atoms with Gasteiger partial charge in [-0.3, -0.25) is 0 Å². The molecule has 0 saturated heterocycles. The van der Waals surface area contributed by atoms with Gasteiger partial charge in [0.1, 0.15) is 5.75 Å². The van der Waals surface area contributed by atoms with Gasteiger partial charge in [0.25, 0.3) is 0 Å². The van der Waals surface area contributed by atoms with Gasteiger partial charge in [0.05, 0.1) is 13.7 Å². The minimum absolute atomic E-state index is 0.0727. The average Bonchev–Trinajstić information content (AvgIpc) is 2.44. The maximum absolute atomic E-state index is 5.51. The van der Waals surface area contributed by atoms with Crippen LogP contribution in [0.15, 0.2) is 36.4 Å². The molecule has 2 rings (SSSR count). The van der Waals surface area contributed by atoms with E-state index in [0.29, 0.717) is 6.61 Å². The Bertz CT molecular complexity index is 578. The number of methoxy groups -OCH3 is 2. The first-order valence-corrected chi connectivity index (χ1v) is 6.86. The van der Waals surface area contributed by atoms with Crippen molar-refractivity contribution >= 4 is 10.8 Å². The molecular weight excluding hydrogens is 250 g/mol. The molecule has 0 heterocycles. The van der Waals surface area contributed by atoms with Crippen LogP contribution in [0.3, 0.4) is 0 Å². The zero-order valence-corrected chi connectivity index (χ0v) is 12.7. The summed E-state index contributed by atoms with van der Waals surface area (Å²) in [6, 6.07) is 12.5. The Kier molecular flexibility index (Phi) is 4.63. The third-order valence-corrected chi connectivity index (χ3v) is 3.47. The van der Waals surface area contributed by atoms with Crippen LogP contribution in [-0.4, -0.2) is 26.4 Å². The van der Waals surface area contributed by atoms with Crippen LogP contribution in [0.5, 0.6) is 5.75 Å². The summed E-state index contributed by atoms with van der Waals surface area (Å²) in [4.78, 5) is 0. The van der Waals surface area contributed by atoms with Crippen LogP contribution in [0.4, 0.5) is 0 Å². The highest BCUT2D eigenvalue weighted by Gasteiger charge is 2.18. The summed E-state index contributed by atoms with van der Waals surface area (Å²) in [6.07, 6.45) is 0. The largest absolute Gasteiger partial charge is 0.496 e. The van der Waals surface area contributed by atoms with E-state index in [0.717, 1.165) is 12.3 Å². The van der Waals surface area contributed by atoms with Crippen LogP contribution in [0.25, 0.3) is 10.8 Å². The lowest BCUT2D eigenvalue weighted by Gasteiger charge is -2.26. The highest BCUT2D eigenvalue weighted by atomic mass is 16.5. The second-order valence-corrected chi connectivity index (χ2v) is 5.64. The van der Waals surface area contributed by atoms with Crippen LogP contribution in [0.2, 0.25) is 0 Å². The summed E-state index contributed by atoms with van der Waals surface area (Å²) in [7, 11) is 3.44. The van der Waals surface area contributed by atoms with E-state index in [2.05, 4.69) is 49.5 Å². The van der Waals surface area contributed by atoms with E-state index >= 15 is 0 Å². The molecule has 0 aliphatic rings. The van der Waals surface area contributed by atoms with E-state index in [-0.39, 0.29) is 5.54 Å². The number of hydrogen-bond acceptors (Lipinski definition) is 3. The predicted molar refractivity (Wildman–Crippen MR) is 83.3 cm³/mol. The predicted octanol–water partition coefficient (Wildman–Crippen LogP) is 3.36. The fourth-order valence-corrected chi connectivity index (χ4v) is 2.43. The fraction of sp³-hybridized carbons (Fsp3) is 0.412. The van der Waals surface area contributed by atoms with Gasteiger partial charge in [-0.1, -0.05) is 30.3 Å². The lowest BCUT2D eigenvalue weighted by atomic mass is 10.0. The molecule has 0 aromatic heterocycles. The highest BCUT2D eigenvalue weighted by molar-refractivity contribution is 5.87. The van der Waals surface area contributed by atoms with Crippen molar-refractivity contribution in [2.75, 3.05) is 20.8 Å². The van der Waals surface area contributed by atoms with Crippen LogP contribution in [0, 0.1) is 0 Å². The Hall–Kier alpha value is -1.58. The van der Waals surface area contributed by atoms with Crippen molar-refractivity contribution in [1.82, 2.24) is 5.32 Å². The summed E-state index contributed by atoms with van der Waals surface area (Å²) in [5, 5.41) is 6.00. The summed E-state index contributed by atoms with van der Waals surface area (Å²) in [6.45, 7) is 5.68. The van der Waals surface area contributed by atoms with Gasteiger partial charge in [0, 0.05) is 24.8 Å². The molecule has 20 heavy (non-hydrogen) atoms. The first kappa shape index (κ1) is 14.8. The van der Waals surface area contributed by atoms with Gasteiger partial charge < -0.3 is 14.8 Å². The van der Waals surface area contributed by atoms with Gasteiger partial charge in [-0.15, -0.1) is 0 Å². The zero-order chi connectivity index (χ0) is 14.6. The normalized spacial score (nSPS) is 11.8. The SMILES string of the molecule is COCC(C)(C)NCc1c(OC)ccc2ccccc12. The summed E-state index contributed by atoms with van der Waals surface area (Å²) >= 11 is 0. The third-order valence-electron chi connectivity index (χ3n) is 3.47. The molecule has 0 spiro atoms. The molecule has 0 aliphatic carbocycles. The smallest absolute Gasteiger partial charge is 0.123 e. The van der Waals surface area contributed by atoms with Crippen LogP contribution in [0.1, 0.15) is 19.4 Å². The number of rotatable bonds is 6. The monoisotopic (exact) mass is 273 g/mol. The second-order valence-electron chi connectivity index (χ2n) is 5.64.